The predicted molar refractivity (Wildman–Crippen MR) is 117 cm³/mol. The Labute approximate surface area is 194 Å². The highest BCUT2D eigenvalue weighted by molar-refractivity contribution is 5.88. The highest BCUT2D eigenvalue weighted by atomic mass is 19.3. The lowest BCUT2D eigenvalue weighted by Crippen LogP contribution is -2.42. The Kier molecular flexibility index (Phi) is 5.50. The molecule has 0 bridgehead atoms. The van der Waals surface area contributed by atoms with E-state index < -0.39 is 48.8 Å². The van der Waals surface area contributed by atoms with Crippen LogP contribution in [-0.2, 0) is 14.3 Å². The van der Waals surface area contributed by atoms with Gasteiger partial charge in [0.05, 0.1) is 6.54 Å². The number of carbonyl (C=O) groups is 3. The number of likely N-dealkylation sites (tertiary alicyclic amines) is 1. The Morgan fingerprint density at radius 3 is 2.29 bits per heavy atom. The molecule has 2 aromatic rings. The summed E-state index contributed by atoms with van der Waals surface area (Å²) in [5.74, 6) is -6.09. The van der Waals surface area contributed by atoms with Crippen LogP contribution in [0.25, 0.3) is 11.1 Å². The monoisotopic (exact) mass is 470 g/mol. The molecule has 2 amide bonds. The van der Waals surface area contributed by atoms with E-state index in [1.807, 2.05) is 48.5 Å². The van der Waals surface area contributed by atoms with Gasteiger partial charge >= 0.3 is 12.1 Å². The Morgan fingerprint density at radius 1 is 1.06 bits per heavy atom. The first kappa shape index (κ1) is 22.3. The number of benzene rings is 2. The zero-order chi connectivity index (χ0) is 24.0. The fourth-order valence-electron chi connectivity index (χ4n) is 5.12. The summed E-state index contributed by atoms with van der Waals surface area (Å²) in [5.41, 5.74) is 4.44. The van der Waals surface area contributed by atoms with Crippen LogP contribution in [0.1, 0.15) is 29.9 Å². The molecule has 1 saturated carbocycles. The van der Waals surface area contributed by atoms with Gasteiger partial charge in [-0.2, -0.15) is 0 Å². The molecule has 1 heterocycles. The molecule has 1 saturated heterocycles. The van der Waals surface area contributed by atoms with E-state index >= 15 is 0 Å². The highest BCUT2D eigenvalue weighted by Crippen LogP contribution is 2.45. The van der Waals surface area contributed by atoms with Gasteiger partial charge in [0.25, 0.3) is 5.92 Å². The van der Waals surface area contributed by atoms with Gasteiger partial charge in [-0.1, -0.05) is 48.5 Å². The van der Waals surface area contributed by atoms with Crippen LogP contribution in [0.4, 0.5) is 13.6 Å². The molecule has 1 aliphatic heterocycles. The molecule has 34 heavy (non-hydrogen) atoms. The number of rotatable bonds is 6. The van der Waals surface area contributed by atoms with Gasteiger partial charge in [0.2, 0.25) is 5.91 Å². The number of alkyl halides is 2. The highest BCUT2D eigenvalue weighted by Gasteiger charge is 2.54. The van der Waals surface area contributed by atoms with E-state index in [0.717, 1.165) is 27.2 Å². The lowest BCUT2D eigenvalue weighted by atomic mass is 9.98. The van der Waals surface area contributed by atoms with E-state index in [-0.39, 0.29) is 25.0 Å². The second-order valence-corrected chi connectivity index (χ2v) is 9.19. The molecule has 2 N–H and O–H groups in total. The van der Waals surface area contributed by atoms with Crippen molar-refractivity contribution in [2.75, 3.05) is 19.7 Å². The second kappa shape index (κ2) is 8.38. The molecular formula is C25H24F2N2O5. The SMILES string of the molecule is O=C(NCC1CC1C(=O)N1CC(F)(F)CC1C(=O)O)OCC1c2ccccc2-c2ccccc21. The number of carbonyl (C=O) groups excluding carboxylic acids is 2. The number of amides is 2. The summed E-state index contributed by atoms with van der Waals surface area (Å²) in [6.45, 7) is -0.559. The fraction of sp³-hybridized carbons (Fsp3) is 0.400. The van der Waals surface area contributed by atoms with Gasteiger partial charge in [-0.25, -0.2) is 18.4 Å². The Bertz CT molecular complexity index is 1110. The summed E-state index contributed by atoms with van der Waals surface area (Å²) in [6.07, 6.45) is -1.07. The van der Waals surface area contributed by atoms with Crippen molar-refractivity contribution in [1.29, 1.82) is 0 Å². The number of carboxylic acids is 1. The van der Waals surface area contributed by atoms with E-state index in [9.17, 15) is 28.3 Å². The Balaban J connectivity index is 1.13. The van der Waals surface area contributed by atoms with Crippen molar-refractivity contribution in [3.8, 4) is 11.1 Å². The van der Waals surface area contributed by atoms with Crippen molar-refractivity contribution in [3.05, 3.63) is 59.7 Å². The minimum atomic E-state index is -3.21. The summed E-state index contributed by atoms with van der Waals surface area (Å²) in [7, 11) is 0. The average molecular weight is 470 g/mol. The van der Waals surface area contributed by atoms with Crippen LogP contribution in [0.2, 0.25) is 0 Å². The smallest absolute Gasteiger partial charge is 0.407 e. The Morgan fingerprint density at radius 2 is 1.68 bits per heavy atom. The van der Waals surface area contributed by atoms with E-state index in [1.165, 1.54) is 0 Å². The van der Waals surface area contributed by atoms with Crippen LogP contribution in [0.15, 0.2) is 48.5 Å². The maximum atomic E-state index is 13.7. The lowest BCUT2D eigenvalue weighted by molar-refractivity contribution is -0.148. The second-order valence-electron chi connectivity index (χ2n) is 9.19. The zero-order valence-corrected chi connectivity index (χ0v) is 18.2. The normalized spacial score (nSPS) is 24.3. The van der Waals surface area contributed by atoms with Crippen LogP contribution in [-0.4, -0.2) is 59.6 Å². The fourth-order valence-corrected chi connectivity index (χ4v) is 5.12. The van der Waals surface area contributed by atoms with Gasteiger partial charge in [-0.3, -0.25) is 4.79 Å². The quantitative estimate of drug-likeness (QED) is 0.674. The number of fused-ring (bicyclic) bond motifs is 3. The number of aliphatic carboxylic acids is 1. The molecule has 5 rings (SSSR count). The van der Waals surface area contributed by atoms with Gasteiger partial charge < -0.3 is 20.1 Å². The summed E-state index contributed by atoms with van der Waals surface area (Å²) in [6, 6.07) is 14.5. The lowest BCUT2D eigenvalue weighted by Gasteiger charge is -2.21. The van der Waals surface area contributed by atoms with E-state index in [1.54, 1.807) is 0 Å². The maximum absolute atomic E-state index is 13.7. The number of carboxylic acid groups (broad SMARTS) is 1. The first-order valence-corrected chi connectivity index (χ1v) is 11.2. The third kappa shape index (κ3) is 4.10. The molecule has 178 valence electrons. The van der Waals surface area contributed by atoms with Gasteiger partial charge in [0.1, 0.15) is 12.6 Å². The molecule has 0 aromatic heterocycles. The topological polar surface area (TPSA) is 95.9 Å². The first-order valence-electron chi connectivity index (χ1n) is 11.2. The molecular weight excluding hydrogens is 446 g/mol. The summed E-state index contributed by atoms with van der Waals surface area (Å²) in [5, 5.41) is 11.8. The maximum Gasteiger partial charge on any atom is 0.407 e. The molecule has 2 aromatic carbocycles. The van der Waals surface area contributed by atoms with Gasteiger partial charge in [-0.15, -0.1) is 0 Å². The molecule has 0 spiro atoms. The number of nitrogens with one attached hydrogen (secondary N) is 1. The molecule has 2 fully saturated rings. The minimum Gasteiger partial charge on any atom is -0.480 e. The standard InChI is InChI=1S/C25H24F2N2O5/c26-25(27)10-21(23(31)32)29(13-25)22(30)19-9-14(19)11-28-24(33)34-12-20-17-7-3-1-5-15(17)16-6-2-4-8-18(16)20/h1-8,14,19-21H,9-13H2,(H,28,33)(H,31,32). The third-order valence-corrected chi connectivity index (χ3v) is 6.93. The molecule has 3 atom stereocenters. The number of ether oxygens (including phenoxy) is 1. The molecule has 9 heteroatoms. The van der Waals surface area contributed by atoms with Crippen LogP contribution in [0.5, 0.6) is 0 Å². The van der Waals surface area contributed by atoms with Gasteiger partial charge in [0.15, 0.2) is 0 Å². The summed E-state index contributed by atoms with van der Waals surface area (Å²) >= 11 is 0. The number of nitrogens with zero attached hydrogens (tertiary/aromatic N) is 1. The Hall–Kier alpha value is -3.49. The minimum absolute atomic E-state index is 0.0711. The average Bonchev–Trinajstić information content (AvgIpc) is 3.42. The van der Waals surface area contributed by atoms with Crippen LogP contribution in [0.3, 0.4) is 0 Å². The van der Waals surface area contributed by atoms with Gasteiger partial charge in [-0.05, 0) is 34.6 Å². The zero-order valence-electron chi connectivity index (χ0n) is 18.2. The van der Waals surface area contributed by atoms with Crippen molar-refractivity contribution in [2.45, 2.75) is 30.7 Å². The number of alkyl carbamates (subject to hydrolysis) is 1. The van der Waals surface area contributed by atoms with Crippen molar-refractivity contribution in [3.63, 3.8) is 0 Å². The predicted octanol–water partition coefficient (Wildman–Crippen LogP) is 3.48. The molecule has 0 radical (unpaired) electrons. The van der Waals surface area contributed by atoms with Crippen molar-refractivity contribution >= 4 is 18.0 Å². The van der Waals surface area contributed by atoms with Crippen LogP contribution < -0.4 is 5.32 Å². The molecule has 7 nitrogen and oxygen atoms in total. The van der Waals surface area contributed by atoms with Gasteiger partial charge in [0, 0.05) is 24.8 Å². The number of hydrogen-bond acceptors (Lipinski definition) is 4. The number of hydrogen-bond donors (Lipinski definition) is 2. The third-order valence-electron chi connectivity index (χ3n) is 6.93. The first-order chi connectivity index (χ1) is 16.2. The largest absolute Gasteiger partial charge is 0.480 e. The molecule has 3 unspecified atom stereocenters. The van der Waals surface area contributed by atoms with Crippen molar-refractivity contribution in [1.82, 2.24) is 10.2 Å². The van der Waals surface area contributed by atoms with Crippen molar-refractivity contribution < 1.29 is 33.0 Å². The van der Waals surface area contributed by atoms with Crippen molar-refractivity contribution in [2.24, 2.45) is 11.8 Å². The number of halogens is 2. The van der Waals surface area contributed by atoms with Crippen LogP contribution in [0, 0.1) is 11.8 Å². The van der Waals surface area contributed by atoms with Crippen LogP contribution >= 0.6 is 0 Å². The summed E-state index contributed by atoms with van der Waals surface area (Å²) < 4.78 is 32.8. The molecule has 3 aliphatic rings. The summed E-state index contributed by atoms with van der Waals surface area (Å²) in [4.78, 5) is 36.9. The van der Waals surface area contributed by atoms with E-state index in [4.69, 9.17) is 4.74 Å². The van der Waals surface area contributed by atoms with E-state index in [0.29, 0.717) is 6.42 Å². The molecule has 2 aliphatic carbocycles. The van der Waals surface area contributed by atoms with E-state index in [2.05, 4.69) is 5.32 Å².